The molecule has 0 saturated carbocycles. The van der Waals surface area contributed by atoms with E-state index in [2.05, 4.69) is 25.8 Å². The molecule has 0 fully saturated rings. The Hall–Kier alpha value is -5.72. The molecular weight excluding hydrogens is 575 g/mol. The zero-order valence-electron chi connectivity index (χ0n) is 23.6. The Bertz CT molecular complexity index is 2040. The molecule has 13 heteroatoms. The summed E-state index contributed by atoms with van der Waals surface area (Å²) in [4.78, 5) is 30.2. The van der Waals surface area contributed by atoms with Crippen molar-refractivity contribution in [3.63, 3.8) is 0 Å². The number of hydrogen-bond acceptors (Lipinski definition) is 6. The minimum absolute atomic E-state index is 0.00946. The number of benzene rings is 2. The summed E-state index contributed by atoms with van der Waals surface area (Å²) in [6.45, 7) is 1.88. The molecule has 2 aromatic carbocycles. The van der Waals surface area contributed by atoms with Crippen molar-refractivity contribution in [3.8, 4) is 34.0 Å². The number of rotatable bonds is 6. The highest BCUT2D eigenvalue weighted by molar-refractivity contribution is 6.11. The van der Waals surface area contributed by atoms with Crippen LogP contribution in [-0.4, -0.2) is 50.5 Å². The van der Waals surface area contributed by atoms with Crippen LogP contribution in [0.2, 0.25) is 0 Å². The average Bonchev–Trinajstić information content (AvgIpc) is 3.78. The summed E-state index contributed by atoms with van der Waals surface area (Å²) in [5, 5.41) is 13.6. The first-order valence-corrected chi connectivity index (χ1v) is 13.4. The Kier molecular flexibility index (Phi) is 7.00. The van der Waals surface area contributed by atoms with Gasteiger partial charge in [-0.3, -0.25) is 9.59 Å². The van der Waals surface area contributed by atoms with Crippen LogP contribution in [0.25, 0.3) is 45.1 Å². The smallest absolute Gasteiger partial charge is 0.435 e. The van der Waals surface area contributed by atoms with Gasteiger partial charge in [-0.15, -0.1) is 0 Å². The van der Waals surface area contributed by atoms with Gasteiger partial charge in [-0.05, 0) is 67.1 Å². The lowest BCUT2D eigenvalue weighted by molar-refractivity contribution is -0.141. The lowest BCUT2D eigenvalue weighted by Gasteiger charge is -2.11. The van der Waals surface area contributed by atoms with Crippen molar-refractivity contribution < 1.29 is 27.2 Å². The molecule has 6 aromatic rings. The summed E-state index contributed by atoms with van der Waals surface area (Å²) >= 11 is 0. The van der Waals surface area contributed by atoms with Crippen molar-refractivity contribution in [3.05, 3.63) is 102 Å². The van der Waals surface area contributed by atoms with E-state index in [4.69, 9.17) is 4.42 Å². The van der Waals surface area contributed by atoms with Gasteiger partial charge in [0.05, 0.1) is 22.3 Å². The molecule has 222 valence electrons. The van der Waals surface area contributed by atoms with Crippen molar-refractivity contribution >= 4 is 22.9 Å². The molecule has 2 amide bonds. The maximum atomic E-state index is 13.5. The molecule has 0 bridgehead atoms. The Labute approximate surface area is 248 Å². The molecule has 2 N–H and O–H groups in total. The van der Waals surface area contributed by atoms with Crippen molar-refractivity contribution in [2.75, 3.05) is 14.1 Å². The Balaban J connectivity index is 1.58. The Morgan fingerprint density at radius 3 is 2.20 bits per heavy atom. The third-order valence-corrected chi connectivity index (χ3v) is 6.99. The van der Waals surface area contributed by atoms with Gasteiger partial charge in [0.15, 0.2) is 11.5 Å². The summed E-state index contributed by atoms with van der Waals surface area (Å²) in [6, 6.07) is 18.0. The average molecular weight is 600 g/mol. The molecular formula is C31H24F3N7O3. The highest BCUT2D eigenvalue weighted by atomic mass is 19.4. The normalized spacial score (nSPS) is 11.6. The van der Waals surface area contributed by atoms with E-state index >= 15 is 0 Å². The fourth-order valence-electron chi connectivity index (χ4n) is 4.84. The fraction of sp³-hybridized carbons (Fsp3) is 0.129. The number of hydrogen-bond donors (Lipinski definition) is 2. The molecule has 0 aliphatic rings. The monoisotopic (exact) mass is 599 g/mol. The van der Waals surface area contributed by atoms with Crippen molar-refractivity contribution in [1.29, 1.82) is 0 Å². The van der Waals surface area contributed by atoms with E-state index in [1.807, 2.05) is 31.3 Å². The molecule has 6 rings (SSSR count). The maximum Gasteiger partial charge on any atom is 0.435 e. The lowest BCUT2D eigenvalue weighted by Crippen LogP contribution is -2.18. The SMILES string of the molecule is CNC(=O)c1cccc(-c2cc3c(C(=O)NC)c(-c4ccc(-n5ccc(C)n5)cc4)oc3nc2-n2ccc(C(F)(F)F)n2)c1. The number of carbonyl (C=O) groups excluding carboxylic acids is 2. The fourth-order valence-corrected chi connectivity index (χ4v) is 4.84. The first kappa shape index (κ1) is 28.4. The highest BCUT2D eigenvalue weighted by Crippen LogP contribution is 2.38. The molecule has 10 nitrogen and oxygen atoms in total. The molecule has 4 heterocycles. The first-order valence-electron chi connectivity index (χ1n) is 13.4. The minimum Gasteiger partial charge on any atom is -0.437 e. The van der Waals surface area contributed by atoms with E-state index in [9.17, 15) is 22.8 Å². The van der Waals surface area contributed by atoms with Gasteiger partial charge < -0.3 is 15.1 Å². The summed E-state index contributed by atoms with van der Waals surface area (Å²) in [7, 11) is 2.97. The Morgan fingerprint density at radius 1 is 0.841 bits per heavy atom. The van der Waals surface area contributed by atoms with E-state index in [-0.39, 0.29) is 28.8 Å². The number of nitrogens with one attached hydrogen (secondary N) is 2. The summed E-state index contributed by atoms with van der Waals surface area (Å²) in [6.07, 6.45) is -1.71. The van der Waals surface area contributed by atoms with Gasteiger partial charge in [0.2, 0.25) is 5.71 Å². The molecule has 0 aliphatic carbocycles. The van der Waals surface area contributed by atoms with Crippen LogP contribution in [0, 0.1) is 6.92 Å². The van der Waals surface area contributed by atoms with Gasteiger partial charge in [0.1, 0.15) is 5.76 Å². The van der Waals surface area contributed by atoms with E-state index in [1.165, 1.54) is 14.1 Å². The number of pyridine rings is 1. The van der Waals surface area contributed by atoms with Crippen LogP contribution in [0.5, 0.6) is 0 Å². The number of halogens is 3. The number of carbonyl (C=O) groups is 2. The second-order valence-corrected chi connectivity index (χ2v) is 9.85. The number of nitrogens with zero attached hydrogens (tertiary/aromatic N) is 5. The third kappa shape index (κ3) is 5.08. The van der Waals surface area contributed by atoms with Crippen LogP contribution in [0.3, 0.4) is 0 Å². The van der Waals surface area contributed by atoms with E-state index in [1.54, 1.807) is 47.1 Å². The second kappa shape index (κ2) is 10.8. The lowest BCUT2D eigenvalue weighted by atomic mass is 10.00. The number of aryl methyl sites for hydroxylation is 1. The van der Waals surface area contributed by atoms with Crippen LogP contribution in [0.4, 0.5) is 13.2 Å². The van der Waals surface area contributed by atoms with Crippen LogP contribution < -0.4 is 10.6 Å². The molecule has 0 unspecified atom stereocenters. The topological polar surface area (TPSA) is 120 Å². The minimum atomic E-state index is -4.68. The van der Waals surface area contributed by atoms with Gasteiger partial charge >= 0.3 is 6.18 Å². The van der Waals surface area contributed by atoms with Crippen LogP contribution in [-0.2, 0) is 6.18 Å². The summed E-state index contributed by atoms with van der Waals surface area (Å²) in [5.74, 6) is -0.584. The number of fused-ring (bicyclic) bond motifs is 1. The predicted molar refractivity (Wildman–Crippen MR) is 156 cm³/mol. The summed E-state index contributed by atoms with van der Waals surface area (Å²) in [5.41, 5.74) is 2.40. The second-order valence-electron chi connectivity index (χ2n) is 9.85. The van der Waals surface area contributed by atoms with Gasteiger partial charge in [0, 0.05) is 43.2 Å². The summed E-state index contributed by atoms with van der Waals surface area (Å²) < 4.78 is 49.3. The highest BCUT2D eigenvalue weighted by Gasteiger charge is 2.34. The molecule has 0 atom stereocenters. The quantitative estimate of drug-likeness (QED) is 0.258. The molecule has 4 aromatic heterocycles. The standard InChI is InChI=1S/C31H24F3N7O3/c1-17-11-13-40(38-17)21-9-7-18(8-10-21)26-25(29(43)36-3)23-16-22(19-5-4-6-20(15-19)28(42)35-2)27(37-30(23)44-26)41-14-12-24(39-41)31(32,33)34/h4-16H,1-3H3,(H,35,42)(H,36,43). The van der Waals surface area contributed by atoms with Crippen LogP contribution >= 0.6 is 0 Å². The van der Waals surface area contributed by atoms with E-state index in [0.29, 0.717) is 27.6 Å². The van der Waals surface area contributed by atoms with Crippen molar-refractivity contribution in [2.24, 2.45) is 0 Å². The van der Waals surface area contributed by atoms with Gasteiger partial charge in [-0.2, -0.15) is 28.4 Å². The van der Waals surface area contributed by atoms with Gasteiger partial charge in [0.25, 0.3) is 11.8 Å². The van der Waals surface area contributed by atoms with Gasteiger partial charge in [-0.1, -0.05) is 12.1 Å². The van der Waals surface area contributed by atoms with Crippen molar-refractivity contribution in [1.82, 2.24) is 35.2 Å². The van der Waals surface area contributed by atoms with Crippen LogP contribution in [0.1, 0.15) is 32.1 Å². The van der Waals surface area contributed by atoms with E-state index < -0.39 is 17.8 Å². The molecule has 0 radical (unpaired) electrons. The van der Waals surface area contributed by atoms with Crippen LogP contribution in [0.15, 0.2) is 83.5 Å². The Morgan fingerprint density at radius 2 is 1.57 bits per heavy atom. The maximum absolute atomic E-state index is 13.5. The van der Waals surface area contributed by atoms with Gasteiger partial charge in [-0.25, -0.2) is 9.36 Å². The molecule has 0 saturated heterocycles. The largest absolute Gasteiger partial charge is 0.437 e. The molecule has 44 heavy (non-hydrogen) atoms. The molecule has 0 spiro atoms. The predicted octanol–water partition coefficient (Wildman–Crippen LogP) is 5.58. The number of aromatic nitrogens is 5. The number of amides is 2. The zero-order chi connectivity index (χ0) is 31.2. The number of alkyl halides is 3. The first-order chi connectivity index (χ1) is 21.1. The number of furan rings is 1. The van der Waals surface area contributed by atoms with Crippen molar-refractivity contribution in [2.45, 2.75) is 13.1 Å². The zero-order valence-corrected chi connectivity index (χ0v) is 23.6. The molecule has 0 aliphatic heterocycles. The third-order valence-electron chi connectivity index (χ3n) is 6.99. The van der Waals surface area contributed by atoms with E-state index in [0.717, 1.165) is 28.3 Å².